The first-order chi connectivity index (χ1) is 11.6. The van der Waals surface area contributed by atoms with Crippen LogP contribution in [0.25, 0.3) is 0 Å². The van der Waals surface area contributed by atoms with Gasteiger partial charge in [-0.3, -0.25) is 0 Å². The molecular formula is C19H31N3O2. The van der Waals surface area contributed by atoms with Gasteiger partial charge in [-0.2, -0.15) is 0 Å². The Hall–Kier alpha value is -1.59. The summed E-state index contributed by atoms with van der Waals surface area (Å²) in [5, 5.41) is 15.8. The van der Waals surface area contributed by atoms with E-state index in [0.717, 1.165) is 24.1 Å². The molecule has 5 nitrogen and oxygen atoms in total. The molecule has 0 aliphatic carbocycles. The summed E-state index contributed by atoms with van der Waals surface area (Å²) in [6.07, 6.45) is 2.81. The van der Waals surface area contributed by atoms with Crippen LogP contribution in [-0.2, 0) is 0 Å². The maximum Gasteiger partial charge on any atom is 0.314 e. The molecule has 1 heterocycles. The number of hydrogen-bond acceptors (Lipinski definition) is 3. The van der Waals surface area contributed by atoms with Crippen molar-refractivity contribution in [1.82, 2.24) is 15.5 Å². The number of nitrogens with one attached hydrogen (secondary N) is 2. The van der Waals surface area contributed by atoms with E-state index in [4.69, 9.17) is 0 Å². The van der Waals surface area contributed by atoms with E-state index in [2.05, 4.69) is 22.5 Å². The van der Waals surface area contributed by atoms with E-state index < -0.39 is 6.10 Å². The topological polar surface area (TPSA) is 64.6 Å². The number of piperidine rings is 1. The zero-order valence-corrected chi connectivity index (χ0v) is 14.9. The van der Waals surface area contributed by atoms with Crippen molar-refractivity contribution in [3.05, 3.63) is 35.4 Å². The average molecular weight is 333 g/mol. The van der Waals surface area contributed by atoms with Gasteiger partial charge in [0.05, 0.1) is 6.10 Å². The summed E-state index contributed by atoms with van der Waals surface area (Å²) in [4.78, 5) is 14.3. The molecule has 1 aliphatic rings. The molecule has 1 aliphatic heterocycles. The second kappa shape index (κ2) is 9.64. The van der Waals surface area contributed by atoms with Gasteiger partial charge >= 0.3 is 6.03 Å². The molecule has 134 valence electrons. The van der Waals surface area contributed by atoms with Crippen molar-refractivity contribution in [2.75, 3.05) is 32.7 Å². The highest BCUT2D eigenvalue weighted by Crippen LogP contribution is 2.19. The van der Waals surface area contributed by atoms with Gasteiger partial charge in [0.15, 0.2) is 0 Å². The molecule has 1 atom stereocenters. The van der Waals surface area contributed by atoms with Crippen LogP contribution in [-0.4, -0.2) is 48.8 Å². The Kier molecular flexibility index (Phi) is 7.53. The van der Waals surface area contributed by atoms with Gasteiger partial charge in [0, 0.05) is 13.1 Å². The van der Waals surface area contributed by atoms with Gasteiger partial charge in [-0.1, -0.05) is 31.2 Å². The van der Waals surface area contributed by atoms with E-state index in [1.165, 1.54) is 25.9 Å². The number of rotatable bonds is 7. The molecule has 5 heteroatoms. The van der Waals surface area contributed by atoms with Crippen LogP contribution in [0.5, 0.6) is 0 Å². The Morgan fingerprint density at radius 2 is 2.00 bits per heavy atom. The first-order valence-electron chi connectivity index (χ1n) is 9.07. The molecule has 1 aromatic rings. The molecule has 2 rings (SSSR count). The number of aryl methyl sites for hydroxylation is 1. The second-order valence-corrected chi connectivity index (χ2v) is 6.68. The number of aliphatic hydroxyl groups is 1. The predicted octanol–water partition coefficient (Wildman–Crippen LogP) is 2.45. The van der Waals surface area contributed by atoms with Crippen LogP contribution in [0.1, 0.15) is 43.4 Å². The maximum atomic E-state index is 11.9. The molecule has 0 saturated carbocycles. The Labute approximate surface area is 145 Å². The van der Waals surface area contributed by atoms with Crippen LogP contribution in [0, 0.1) is 12.8 Å². The van der Waals surface area contributed by atoms with Crippen LogP contribution in [0.4, 0.5) is 4.79 Å². The second-order valence-electron chi connectivity index (χ2n) is 6.68. The van der Waals surface area contributed by atoms with Crippen molar-refractivity contribution in [2.45, 2.75) is 39.2 Å². The summed E-state index contributed by atoms with van der Waals surface area (Å²) >= 11 is 0. The molecular weight excluding hydrogens is 302 g/mol. The molecule has 24 heavy (non-hydrogen) atoms. The Morgan fingerprint density at radius 1 is 1.29 bits per heavy atom. The van der Waals surface area contributed by atoms with E-state index >= 15 is 0 Å². The quantitative estimate of drug-likeness (QED) is 0.718. The number of nitrogens with zero attached hydrogens (tertiary/aromatic N) is 1. The van der Waals surface area contributed by atoms with E-state index in [-0.39, 0.29) is 12.6 Å². The first-order valence-corrected chi connectivity index (χ1v) is 9.07. The Morgan fingerprint density at radius 3 is 2.67 bits per heavy atom. The molecule has 2 amide bonds. The number of aliphatic hydroxyl groups excluding tert-OH is 1. The highest BCUT2D eigenvalue weighted by Gasteiger charge is 2.18. The van der Waals surface area contributed by atoms with Gasteiger partial charge < -0.3 is 20.6 Å². The predicted molar refractivity (Wildman–Crippen MR) is 97.0 cm³/mol. The zero-order chi connectivity index (χ0) is 17.4. The first kappa shape index (κ1) is 18.7. The lowest BCUT2D eigenvalue weighted by Crippen LogP contribution is -2.39. The van der Waals surface area contributed by atoms with Crippen LogP contribution in [0.15, 0.2) is 24.3 Å². The summed E-state index contributed by atoms with van der Waals surface area (Å²) in [5.74, 6) is 0.714. The fourth-order valence-electron chi connectivity index (χ4n) is 3.30. The molecule has 1 unspecified atom stereocenters. The summed E-state index contributed by atoms with van der Waals surface area (Å²) in [6.45, 7) is 8.58. The number of likely N-dealkylation sites (tertiary alicyclic amines) is 1. The SMILES string of the molecule is CCN1CCC(CCNC(=O)NCC(O)c2ccccc2C)CC1. The minimum atomic E-state index is -0.671. The van der Waals surface area contributed by atoms with Crippen molar-refractivity contribution in [3.8, 4) is 0 Å². The summed E-state index contributed by atoms with van der Waals surface area (Å²) in [6, 6.07) is 7.49. The number of hydrogen-bond donors (Lipinski definition) is 3. The number of carbonyl (C=O) groups excluding carboxylic acids is 1. The third-order valence-electron chi connectivity index (χ3n) is 5.00. The van der Waals surface area contributed by atoms with Crippen LogP contribution in [0.3, 0.4) is 0 Å². The van der Waals surface area contributed by atoms with Crippen molar-refractivity contribution in [2.24, 2.45) is 5.92 Å². The summed E-state index contributed by atoms with van der Waals surface area (Å²) in [5.41, 5.74) is 1.89. The van der Waals surface area contributed by atoms with Gasteiger partial charge in [0.2, 0.25) is 0 Å². The number of carbonyl (C=O) groups is 1. The summed E-state index contributed by atoms with van der Waals surface area (Å²) < 4.78 is 0. The molecule has 0 radical (unpaired) electrons. The van der Waals surface area contributed by atoms with Crippen LogP contribution in [0.2, 0.25) is 0 Å². The Balaban J connectivity index is 1.61. The third-order valence-corrected chi connectivity index (χ3v) is 5.00. The Bertz CT molecular complexity index is 513. The molecule has 0 spiro atoms. The van der Waals surface area contributed by atoms with Crippen LogP contribution < -0.4 is 10.6 Å². The lowest BCUT2D eigenvalue weighted by atomic mass is 9.93. The number of urea groups is 1. The maximum absolute atomic E-state index is 11.9. The minimum Gasteiger partial charge on any atom is -0.387 e. The highest BCUT2D eigenvalue weighted by molar-refractivity contribution is 5.73. The smallest absolute Gasteiger partial charge is 0.314 e. The number of benzene rings is 1. The zero-order valence-electron chi connectivity index (χ0n) is 14.9. The van der Waals surface area contributed by atoms with E-state index in [0.29, 0.717) is 12.5 Å². The molecule has 1 saturated heterocycles. The van der Waals surface area contributed by atoms with Crippen molar-refractivity contribution in [3.63, 3.8) is 0 Å². The van der Waals surface area contributed by atoms with Crippen molar-refractivity contribution >= 4 is 6.03 Å². The molecule has 0 bridgehead atoms. The van der Waals surface area contributed by atoms with Crippen LogP contribution >= 0.6 is 0 Å². The fourth-order valence-corrected chi connectivity index (χ4v) is 3.30. The van der Waals surface area contributed by atoms with Gasteiger partial charge in [-0.05, 0) is 62.9 Å². The van der Waals surface area contributed by atoms with Gasteiger partial charge in [0.1, 0.15) is 0 Å². The molecule has 1 aromatic carbocycles. The van der Waals surface area contributed by atoms with Gasteiger partial charge in [-0.25, -0.2) is 4.79 Å². The van der Waals surface area contributed by atoms with Crippen molar-refractivity contribution < 1.29 is 9.90 Å². The average Bonchev–Trinajstić information content (AvgIpc) is 2.60. The highest BCUT2D eigenvalue weighted by atomic mass is 16.3. The third kappa shape index (κ3) is 5.80. The van der Waals surface area contributed by atoms with E-state index in [1.54, 1.807) is 0 Å². The number of amides is 2. The lowest BCUT2D eigenvalue weighted by molar-refractivity contribution is 0.171. The normalized spacial score (nSPS) is 17.5. The van der Waals surface area contributed by atoms with Gasteiger partial charge in [0.25, 0.3) is 0 Å². The fraction of sp³-hybridized carbons (Fsp3) is 0.632. The van der Waals surface area contributed by atoms with Crippen molar-refractivity contribution in [1.29, 1.82) is 0 Å². The standard InChI is InChI=1S/C19H31N3O2/c1-3-22-12-9-16(10-13-22)8-11-20-19(24)21-14-18(23)17-7-5-4-6-15(17)2/h4-7,16,18,23H,3,8-14H2,1-2H3,(H2,20,21,24). The minimum absolute atomic E-state index is 0.200. The molecule has 1 fully saturated rings. The molecule has 0 aromatic heterocycles. The largest absolute Gasteiger partial charge is 0.387 e. The molecule has 3 N–H and O–H groups in total. The summed E-state index contributed by atoms with van der Waals surface area (Å²) in [7, 11) is 0. The van der Waals surface area contributed by atoms with E-state index in [9.17, 15) is 9.90 Å². The lowest BCUT2D eigenvalue weighted by Gasteiger charge is -2.31. The monoisotopic (exact) mass is 333 g/mol. The van der Waals surface area contributed by atoms with E-state index in [1.807, 2.05) is 31.2 Å². The van der Waals surface area contributed by atoms with Gasteiger partial charge in [-0.15, -0.1) is 0 Å².